The zero-order chi connectivity index (χ0) is 33.3. The Labute approximate surface area is 270 Å². The predicted molar refractivity (Wildman–Crippen MR) is 174 cm³/mol. The van der Waals surface area contributed by atoms with Crippen LogP contribution in [0.3, 0.4) is 0 Å². The summed E-state index contributed by atoms with van der Waals surface area (Å²) in [6.07, 6.45) is 1.46. The molecule has 0 aliphatic heterocycles. The molecule has 0 fully saturated rings. The number of sulfonamides is 1. The smallest absolute Gasteiger partial charge is 0.264 e. The van der Waals surface area contributed by atoms with Crippen LogP contribution >= 0.6 is 11.3 Å². The number of nitrogens with one attached hydrogen (secondary N) is 2. The third-order valence-corrected chi connectivity index (χ3v) is 9.58. The van der Waals surface area contributed by atoms with Crippen molar-refractivity contribution in [2.45, 2.75) is 18.0 Å². The monoisotopic (exact) mass is 681 g/mol. The summed E-state index contributed by atoms with van der Waals surface area (Å²) >= 11 is 1.10. The summed E-state index contributed by atoms with van der Waals surface area (Å²) in [4.78, 5) is 21.5. The highest BCUT2D eigenvalue weighted by Crippen LogP contribution is 2.33. The molecular weight excluding hydrogens is 656 g/mol. The van der Waals surface area contributed by atoms with E-state index < -0.39 is 49.2 Å². The molecule has 0 unspecified atom stereocenters. The number of halogens is 3. The van der Waals surface area contributed by atoms with Crippen molar-refractivity contribution in [1.29, 1.82) is 0 Å². The number of ether oxygens (including phenoxy) is 2. The summed E-state index contributed by atoms with van der Waals surface area (Å²) < 4.78 is 86.5. The quantitative estimate of drug-likeness (QED) is 0.167. The van der Waals surface area contributed by atoms with Crippen molar-refractivity contribution in [3.8, 4) is 16.9 Å². The minimum Gasteiger partial charge on any atom is -0.497 e. The second-order valence-electron chi connectivity index (χ2n) is 10.3. The Bertz CT molecular complexity index is 2290. The Morgan fingerprint density at radius 2 is 1.74 bits per heavy atom. The fourth-order valence-electron chi connectivity index (χ4n) is 5.03. The van der Waals surface area contributed by atoms with E-state index in [1.807, 2.05) is 29.0 Å². The normalized spacial score (nSPS) is 11.7. The molecule has 10 nitrogen and oxygen atoms in total. The highest BCUT2D eigenvalue weighted by molar-refractivity contribution is 7.92. The molecule has 6 aromatic rings. The molecule has 47 heavy (non-hydrogen) atoms. The molecule has 3 aromatic heterocycles. The van der Waals surface area contributed by atoms with E-state index in [-0.39, 0.29) is 24.2 Å². The van der Waals surface area contributed by atoms with Gasteiger partial charge in [0.15, 0.2) is 5.82 Å². The number of anilines is 2. The maximum absolute atomic E-state index is 16.0. The second kappa shape index (κ2) is 13.0. The number of hydrogen-bond donors (Lipinski definition) is 2. The van der Waals surface area contributed by atoms with E-state index in [1.54, 1.807) is 13.2 Å². The van der Waals surface area contributed by atoms with Crippen LogP contribution in [0.15, 0.2) is 82.1 Å². The van der Waals surface area contributed by atoms with E-state index in [1.165, 1.54) is 29.5 Å². The number of methoxy groups -OCH3 is 2. The highest BCUT2D eigenvalue weighted by Gasteiger charge is 2.26. The first kappa shape index (κ1) is 32.0. The van der Waals surface area contributed by atoms with Crippen LogP contribution in [0.1, 0.15) is 5.56 Å². The van der Waals surface area contributed by atoms with E-state index in [4.69, 9.17) is 9.47 Å². The minimum atomic E-state index is -4.68. The summed E-state index contributed by atoms with van der Waals surface area (Å²) in [5.41, 5.74) is 0.509. The number of nitrogens with zero attached hydrogens (tertiary/aromatic N) is 3. The molecule has 242 valence electrons. The van der Waals surface area contributed by atoms with Crippen LogP contribution < -0.4 is 20.3 Å². The summed E-state index contributed by atoms with van der Waals surface area (Å²) in [5.74, 6) is -2.39. The maximum Gasteiger partial charge on any atom is 0.264 e. The zero-order valence-electron chi connectivity index (χ0n) is 24.9. The van der Waals surface area contributed by atoms with Gasteiger partial charge in [0.05, 0.1) is 51.8 Å². The number of thiazole rings is 1. The number of pyridine rings is 2. The van der Waals surface area contributed by atoms with Gasteiger partial charge in [-0.3, -0.25) is 9.52 Å². The lowest BCUT2D eigenvalue weighted by molar-refractivity contribution is 0.187. The van der Waals surface area contributed by atoms with E-state index in [0.717, 1.165) is 41.2 Å². The van der Waals surface area contributed by atoms with Crippen molar-refractivity contribution in [3.63, 3.8) is 0 Å². The van der Waals surface area contributed by atoms with Crippen LogP contribution in [0.5, 0.6) is 5.75 Å². The Balaban J connectivity index is 1.38. The van der Waals surface area contributed by atoms with E-state index in [0.29, 0.717) is 33.7 Å². The van der Waals surface area contributed by atoms with E-state index in [9.17, 15) is 17.6 Å². The summed E-state index contributed by atoms with van der Waals surface area (Å²) in [6.45, 7) is 0.566. The number of fused-ring (bicyclic) bond motifs is 2. The van der Waals surface area contributed by atoms with Gasteiger partial charge in [-0.1, -0.05) is 12.1 Å². The number of rotatable bonds is 11. The fourth-order valence-corrected chi connectivity index (χ4v) is 6.95. The topological polar surface area (TPSA) is 124 Å². The predicted octanol–water partition coefficient (Wildman–Crippen LogP) is 6.16. The van der Waals surface area contributed by atoms with Gasteiger partial charge in [-0.15, -0.1) is 11.3 Å². The van der Waals surface area contributed by atoms with Gasteiger partial charge in [0.25, 0.3) is 15.6 Å². The first-order valence-corrected chi connectivity index (χ1v) is 16.4. The largest absolute Gasteiger partial charge is 0.497 e. The maximum atomic E-state index is 16.0. The standard InChI is InChI=1S/C32H26F3N5O5S2/c1-44-10-9-40-26-13-29(36-15-18-3-5-20(45-2)6-4-18)37-16-19(26)11-21(32(40)41)30-22(33)7-8-24(31(30)35)39-47(42,43)28-14-27-25(12-23(28)34)38-17-46-27/h3-8,11-14,16-17,39H,9-10,15H2,1-2H3,(H,36,37). The molecule has 3 aromatic carbocycles. The fraction of sp³-hybridized carbons (Fsp3) is 0.156. The molecule has 0 saturated carbocycles. The van der Waals surface area contributed by atoms with Crippen LogP contribution in [-0.4, -0.2) is 43.8 Å². The molecule has 15 heteroatoms. The Kier molecular flexibility index (Phi) is 8.86. The van der Waals surface area contributed by atoms with Crippen LogP contribution in [0.25, 0.3) is 32.2 Å². The average Bonchev–Trinajstić information content (AvgIpc) is 3.52. The van der Waals surface area contributed by atoms with Gasteiger partial charge in [0.2, 0.25) is 0 Å². The van der Waals surface area contributed by atoms with Crippen LogP contribution in [0.2, 0.25) is 0 Å². The number of hydrogen-bond acceptors (Lipinski definition) is 9. The van der Waals surface area contributed by atoms with Crippen molar-refractivity contribution in [2.75, 3.05) is 30.9 Å². The third-order valence-electron chi connectivity index (χ3n) is 7.41. The molecular formula is C32H26F3N5O5S2. The molecule has 0 saturated heterocycles. The first-order chi connectivity index (χ1) is 22.6. The van der Waals surface area contributed by atoms with Crippen molar-refractivity contribution in [3.05, 3.63) is 106 Å². The van der Waals surface area contributed by atoms with Crippen LogP contribution in [0, 0.1) is 17.5 Å². The van der Waals surface area contributed by atoms with Gasteiger partial charge in [-0.2, -0.15) is 0 Å². The Morgan fingerprint density at radius 3 is 2.49 bits per heavy atom. The molecule has 0 atom stereocenters. The van der Waals surface area contributed by atoms with Crippen molar-refractivity contribution in [2.24, 2.45) is 0 Å². The van der Waals surface area contributed by atoms with Gasteiger partial charge >= 0.3 is 0 Å². The van der Waals surface area contributed by atoms with Gasteiger partial charge < -0.3 is 19.4 Å². The number of benzene rings is 3. The number of aromatic nitrogens is 3. The van der Waals surface area contributed by atoms with Crippen molar-refractivity contribution >= 4 is 54.0 Å². The van der Waals surface area contributed by atoms with Crippen molar-refractivity contribution in [1.82, 2.24) is 14.5 Å². The molecule has 0 aliphatic rings. The Morgan fingerprint density at radius 1 is 0.957 bits per heavy atom. The molecule has 3 heterocycles. The van der Waals surface area contributed by atoms with Crippen molar-refractivity contribution < 1.29 is 31.1 Å². The van der Waals surface area contributed by atoms with E-state index >= 15 is 8.78 Å². The SMILES string of the molecule is COCCn1c(=O)c(-c2c(F)ccc(NS(=O)(=O)c3cc4scnc4cc3F)c2F)cc2cnc(NCc3ccc(OC)cc3)cc21. The van der Waals surface area contributed by atoms with Gasteiger partial charge in [-0.25, -0.2) is 31.6 Å². The molecule has 0 bridgehead atoms. The van der Waals surface area contributed by atoms with Crippen LogP contribution in [0.4, 0.5) is 24.7 Å². The van der Waals surface area contributed by atoms with Gasteiger partial charge in [-0.05, 0) is 42.0 Å². The average molecular weight is 682 g/mol. The van der Waals surface area contributed by atoms with E-state index in [2.05, 4.69) is 15.3 Å². The summed E-state index contributed by atoms with van der Waals surface area (Å²) in [6, 6.07) is 14.1. The molecule has 0 aliphatic carbocycles. The van der Waals surface area contributed by atoms with Crippen LogP contribution in [-0.2, 0) is 27.8 Å². The lowest BCUT2D eigenvalue weighted by Crippen LogP contribution is -2.25. The van der Waals surface area contributed by atoms with Gasteiger partial charge in [0.1, 0.15) is 28.1 Å². The molecule has 0 spiro atoms. The molecule has 0 radical (unpaired) electrons. The van der Waals surface area contributed by atoms with Gasteiger partial charge in [0, 0.05) is 43.9 Å². The lowest BCUT2D eigenvalue weighted by Gasteiger charge is -2.16. The lowest BCUT2D eigenvalue weighted by atomic mass is 10.0. The third kappa shape index (κ3) is 6.37. The second-order valence-corrected chi connectivity index (χ2v) is 12.9. The minimum absolute atomic E-state index is 0.0382. The molecule has 2 N–H and O–H groups in total. The summed E-state index contributed by atoms with van der Waals surface area (Å²) in [7, 11) is -1.65. The zero-order valence-corrected chi connectivity index (χ0v) is 26.5. The first-order valence-electron chi connectivity index (χ1n) is 14.0. The molecule has 6 rings (SSSR count). The highest BCUT2D eigenvalue weighted by atomic mass is 32.2. The summed E-state index contributed by atoms with van der Waals surface area (Å²) in [5, 5.41) is 3.58. The Hall–Kier alpha value is -4.99. The molecule has 0 amide bonds.